The van der Waals surface area contributed by atoms with Crippen LogP contribution in [0.4, 0.5) is 24.5 Å². The van der Waals surface area contributed by atoms with Gasteiger partial charge >= 0.3 is 6.18 Å². The van der Waals surface area contributed by atoms with Crippen molar-refractivity contribution in [1.82, 2.24) is 0 Å². The molecule has 0 N–H and O–H groups in total. The van der Waals surface area contributed by atoms with Gasteiger partial charge in [-0.05, 0) is 12.1 Å². The zero-order valence-electron chi connectivity index (χ0n) is 12.1. The fraction of sp³-hybridized carbons (Fsp3) is 0.462. The third-order valence-corrected chi connectivity index (χ3v) is 2.96. The zero-order chi connectivity index (χ0) is 16.4. The molecule has 1 rings (SSSR count). The number of halogens is 3. The fourth-order valence-corrected chi connectivity index (χ4v) is 2.05. The molecule has 0 saturated carbocycles. The molecule has 1 aromatic carbocycles. The highest BCUT2D eigenvalue weighted by atomic mass is 19.4. The largest absolute Gasteiger partial charge is 0.423 e. The summed E-state index contributed by atoms with van der Waals surface area (Å²) >= 11 is 0. The van der Waals surface area contributed by atoms with Gasteiger partial charge < -0.3 is 4.90 Å². The third kappa shape index (κ3) is 3.71. The highest BCUT2D eigenvalue weighted by Crippen LogP contribution is 2.38. The number of nitro groups is 1. The summed E-state index contributed by atoms with van der Waals surface area (Å²) in [5, 5.41) is 10.7. The Balaban J connectivity index is 3.38. The quantitative estimate of drug-likeness (QED) is 0.370. The van der Waals surface area contributed by atoms with Crippen LogP contribution in [0.25, 0.3) is 0 Å². The second kappa shape index (κ2) is 6.11. The lowest BCUT2D eigenvalue weighted by atomic mass is 10.1. The number of rotatable bonds is 3. The predicted octanol–water partition coefficient (Wildman–Crippen LogP) is 3.73. The summed E-state index contributed by atoms with van der Waals surface area (Å²) in [6, 6.07) is 2.91. The molecule has 0 aliphatic rings. The summed E-state index contributed by atoms with van der Waals surface area (Å²) in [5.41, 5.74) is -2.03. The molecule has 0 aliphatic carbocycles. The Bertz CT molecular complexity index is 568. The highest BCUT2D eigenvalue weighted by Gasteiger charge is 2.38. The van der Waals surface area contributed by atoms with Crippen molar-refractivity contribution in [2.24, 2.45) is 10.9 Å². The van der Waals surface area contributed by atoms with Crippen LogP contribution in [-0.2, 0) is 6.18 Å². The molecule has 8 heteroatoms. The molecule has 116 valence electrons. The van der Waals surface area contributed by atoms with E-state index in [1.54, 1.807) is 14.1 Å². The molecule has 0 spiro atoms. The van der Waals surface area contributed by atoms with Gasteiger partial charge in [-0.1, -0.05) is 13.8 Å². The predicted molar refractivity (Wildman–Crippen MR) is 74.7 cm³/mol. The highest BCUT2D eigenvalue weighted by molar-refractivity contribution is 5.98. The molecule has 21 heavy (non-hydrogen) atoms. The number of amidine groups is 1. The van der Waals surface area contributed by atoms with Crippen molar-refractivity contribution >= 4 is 17.2 Å². The molecule has 0 atom stereocenters. The van der Waals surface area contributed by atoms with E-state index in [1.807, 2.05) is 13.8 Å². The van der Waals surface area contributed by atoms with Gasteiger partial charge in [0.2, 0.25) is 0 Å². The van der Waals surface area contributed by atoms with E-state index < -0.39 is 22.4 Å². The van der Waals surface area contributed by atoms with Gasteiger partial charge in [-0.15, -0.1) is 0 Å². The van der Waals surface area contributed by atoms with Gasteiger partial charge in [-0.3, -0.25) is 15.1 Å². The topological polar surface area (TPSA) is 58.7 Å². The summed E-state index contributed by atoms with van der Waals surface area (Å²) in [4.78, 5) is 15.2. The zero-order valence-corrected chi connectivity index (χ0v) is 12.1. The molecular weight excluding hydrogens is 287 g/mol. The minimum Gasteiger partial charge on any atom is -0.333 e. The first-order valence-electron chi connectivity index (χ1n) is 6.15. The third-order valence-electron chi connectivity index (χ3n) is 2.96. The number of nitro benzene ring substituents is 1. The minimum atomic E-state index is -4.79. The van der Waals surface area contributed by atoms with Crippen LogP contribution in [0.1, 0.15) is 19.4 Å². The molecule has 1 aromatic rings. The number of hydrogen-bond acceptors (Lipinski definition) is 3. The van der Waals surface area contributed by atoms with Crippen LogP contribution < -0.4 is 4.90 Å². The Morgan fingerprint density at radius 1 is 1.38 bits per heavy atom. The molecular formula is C13H16F3N3O2. The van der Waals surface area contributed by atoms with Crippen molar-refractivity contribution < 1.29 is 18.1 Å². The molecule has 0 amide bonds. The SMILES string of the molecule is CN=C(C(C)C)N(C)c1ccc([N+](=O)[O-])c(C(F)(F)F)c1. The molecule has 0 radical (unpaired) electrons. The lowest BCUT2D eigenvalue weighted by Crippen LogP contribution is -2.30. The monoisotopic (exact) mass is 303 g/mol. The lowest BCUT2D eigenvalue weighted by molar-refractivity contribution is -0.388. The van der Waals surface area contributed by atoms with Crippen LogP contribution in [0.15, 0.2) is 23.2 Å². The Kier molecular flexibility index (Phi) is 4.93. The molecule has 0 unspecified atom stereocenters. The smallest absolute Gasteiger partial charge is 0.333 e. The molecule has 0 bridgehead atoms. The molecule has 5 nitrogen and oxygen atoms in total. The van der Waals surface area contributed by atoms with E-state index in [2.05, 4.69) is 4.99 Å². The molecule has 0 heterocycles. The maximum atomic E-state index is 12.9. The number of nitrogens with zero attached hydrogens (tertiary/aromatic N) is 3. The van der Waals surface area contributed by atoms with E-state index in [4.69, 9.17) is 0 Å². The number of anilines is 1. The van der Waals surface area contributed by atoms with Crippen molar-refractivity contribution in [2.45, 2.75) is 20.0 Å². The van der Waals surface area contributed by atoms with Crippen LogP contribution in [-0.4, -0.2) is 24.9 Å². The summed E-state index contributed by atoms with van der Waals surface area (Å²) in [5.74, 6) is 0.585. The summed E-state index contributed by atoms with van der Waals surface area (Å²) < 4.78 is 38.8. The van der Waals surface area contributed by atoms with Gasteiger partial charge in [0.05, 0.1) is 4.92 Å². The van der Waals surface area contributed by atoms with Gasteiger partial charge in [-0.25, -0.2) is 0 Å². The number of benzene rings is 1. The first-order chi connectivity index (χ1) is 9.59. The lowest BCUT2D eigenvalue weighted by Gasteiger charge is -2.24. The van der Waals surface area contributed by atoms with Crippen molar-refractivity contribution in [2.75, 3.05) is 19.0 Å². The Morgan fingerprint density at radius 2 is 1.95 bits per heavy atom. The first kappa shape index (κ1) is 16.9. The van der Waals surface area contributed by atoms with Crippen LogP contribution in [0.2, 0.25) is 0 Å². The average molecular weight is 303 g/mol. The van der Waals surface area contributed by atoms with Crippen molar-refractivity contribution in [3.8, 4) is 0 Å². The van der Waals surface area contributed by atoms with Gasteiger partial charge in [0.25, 0.3) is 5.69 Å². The number of hydrogen-bond donors (Lipinski definition) is 0. The van der Waals surface area contributed by atoms with E-state index in [9.17, 15) is 23.3 Å². The van der Waals surface area contributed by atoms with Crippen molar-refractivity contribution in [1.29, 1.82) is 0 Å². The Hall–Kier alpha value is -2.12. The van der Waals surface area contributed by atoms with E-state index in [-0.39, 0.29) is 11.6 Å². The van der Waals surface area contributed by atoms with E-state index in [0.29, 0.717) is 5.84 Å². The molecule has 0 aliphatic heterocycles. The van der Waals surface area contributed by atoms with Crippen LogP contribution in [0.3, 0.4) is 0 Å². The van der Waals surface area contributed by atoms with E-state index in [1.165, 1.54) is 11.0 Å². The van der Waals surface area contributed by atoms with Gasteiger partial charge in [0.1, 0.15) is 11.4 Å². The van der Waals surface area contributed by atoms with Crippen LogP contribution in [0, 0.1) is 16.0 Å². The van der Waals surface area contributed by atoms with Crippen LogP contribution >= 0.6 is 0 Å². The number of aliphatic imine (C=N–C) groups is 1. The van der Waals surface area contributed by atoms with Gasteiger partial charge in [-0.2, -0.15) is 13.2 Å². The molecule has 0 aromatic heterocycles. The van der Waals surface area contributed by atoms with E-state index >= 15 is 0 Å². The van der Waals surface area contributed by atoms with Crippen molar-refractivity contribution in [3.63, 3.8) is 0 Å². The molecule has 0 fully saturated rings. The summed E-state index contributed by atoms with van der Waals surface area (Å²) in [6.07, 6.45) is -4.79. The Labute approximate surface area is 120 Å². The fourth-order valence-electron chi connectivity index (χ4n) is 2.05. The van der Waals surface area contributed by atoms with Crippen LogP contribution in [0.5, 0.6) is 0 Å². The maximum absolute atomic E-state index is 12.9. The molecule has 0 saturated heterocycles. The first-order valence-corrected chi connectivity index (χ1v) is 6.15. The standard InChI is InChI=1S/C13H16F3N3O2/c1-8(2)12(17-3)18(4)9-5-6-11(19(20)21)10(7-9)13(14,15)16/h5-8H,1-4H3. The number of alkyl halides is 3. The van der Waals surface area contributed by atoms with E-state index in [0.717, 1.165) is 12.1 Å². The van der Waals surface area contributed by atoms with Gasteiger partial charge in [0, 0.05) is 31.8 Å². The second-order valence-electron chi connectivity index (χ2n) is 4.75. The summed E-state index contributed by atoms with van der Waals surface area (Å²) in [7, 11) is 3.12. The van der Waals surface area contributed by atoms with Crippen molar-refractivity contribution in [3.05, 3.63) is 33.9 Å². The maximum Gasteiger partial charge on any atom is 0.423 e. The van der Waals surface area contributed by atoms with Gasteiger partial charge in [0.15, 0.2) is 0 Å². The Morgan fingerprint density at radius 3 is 2.33 bits per heavy atom. The average Bonchev–Trinajstić information content (AvgIpc) is 2.37. The minimum absolute atomic E-state index is 0.00419. The normalized spacial score (nSPS) is 12.7. The summed E-state index contributed by atoms with van der Waals surface area (Å²) in [6.45, 7) is 3.71. The second-order valence-corrected chi connectivity index (χ2v) is 4.75.